The van der Waals surface area contributed by atoms with Crippen molar-refractivity contribution in [1.29, 1.82) is 0 Å². The first-order valence-corrected chi connectivity index (χ1v) is 6.33. The van der Waals surface area contributed by atoms with E-state index in [4.69, 9.17) is 4.74 Å². The highest BCUT2D eigenvalue weighted by Gasteiger charge is 2.11. The summed E-state index contributed by atoms with van der Waals surface area (Å²) >= 11 is 0. The van der Waals surface area contributed by atoms with Gasteiger partial charge in [-0.15, -0.1) is 0 Å². The zero-order chi connectivity index (χ0) is 14.3. The summed E-state index contributed by atoms with van der Waals surface area (Å²) in [6.45, 7) is 2.42. The van der Waals surface area contributed by atoms with Crippen LogP contribution in [0.15, 0.2) is 23.0 Å². The Bertz CT molecular complexity index is 825. The van der Waals surface area contributed by atoms with Crippen LogP contribution in [0.2, 0.25) is 0 Å². The third-order valence-corrected chi connectivity index (χ3v) is 3.39. The van der Waals surface area contributed by atoms with Crippen LogP contribution >= 0.6 is 0 Å². The van der Waals surface area contributed by atoms with Crippen molar-refractivity contribution in [2.24, 2.45) is 7.05 Å². The summed E-state index contributed by atoms with van der Waals surface area (Å²) in [5, 5.41) is 0. The van der Waals surface area contributed by atoms with E-state index in [2.05, 4.69) is 15.0 Å². The molecule has 1 aromatic carbocycles. The Morgan fingerprint density at radius 3 is 2.90 bits per heavy atom. The van der Waals surface area contributed by atoms with Crippen LogP contribution in [0, 0.1) is 6.92 Å². The molecule has 0 aliphatic carbocycles. The fourth-order valence-corrected chi connectivity index (χ4v) is 2.39. The molecule has 0 saturated heterocycles. The van der Waals surface area contributed by atoms with Crippen LogP contribution in [0.4, 0.5) is 0 Å². The molecule has 104 valence electrons. The van der Waals surface area contributed by atoms with Crippen molar-refractivity contribution in [3.05, 3.63) is 40.2 Å². The Morgan fingerprint density at radius 1 is 1.35 bits per heavy atom. The van der Waals surface area contributed by atoms with E-state index in [1.54, 1.807) is 18.7 Å². The van der Waals surface area contributed by atoms with Gasteiger partial charge in [0.05, 0.1) is 16.7 Å². The van der Waals surface area contributed by atoms with Crippen LogP contribution in [0.3, 0.4) is 0 Å². The highest BCUT2D eigenvalue weighted by Crippen LogP contribution is 2.24. The first-order chi connectivity index (χ1) is 9.60. The Labute approximate surface area is 115 Å². The molecule has 0 unspecified atom stereocenters. The predicted octanol–water partition coefficient (Wildman–Crippen LogP) is 1.71. The minimum absolute atomic E-state index is 0.115. The van der Waals surface area contributed by atoms with E-state index in [1.165, 1.54) is 0 Å². The molecule has 20 heavy (non-hydrogen) atoms. The molecule has 6 heteroatoms. The van der Waals surface area contributed by atoms with Crippen LogP contribution in [0.25, 0.3) is 22.3 Å². The van der Waals surface area contributed by atoms with Gasteiger partial charge in [-0.05, 0) is 19.1 Å². The molecule has 0 aliphatic heterocycles. The lowest BCUT2D eigenvalue weighted by molar-refractivity contribution is 0.178. The molecule has 3 rings (SSSR count). The number of nitrogens with one attached hydrogen (secondary N) is 2. The van der Waals surface area contributed by atoms with Crippen LogP contribution in [-0.2, 0) is 18.4 Å². The molecule has 2 N–H and O–H groups in total. The third kappa shape index (κ3) is 1.94. The SMILES string of the molecule is COCc1nc(-c2ccc3c(c2)[nH]c(=O)n3C)c(C)[nH]1. The molecule has 2 aromatic heterocycles. The van der Waals surface area contributed by atoms with E-state index in [-0.39, 0.29) is 5.69 Å². The van der Waals surface area contributed by atoms with Crippen molar-refractivity contribution in [3.63, 3.8) is 0 Å². The molecule has 0 amide bonds. The van der Waals surface area contributed by atoms with E-state index < -0.39 is 0 Å². The molecule has 0 fully saturated rings. The number of rotatable bonds is 3. The zero-order valence-electron chi connectivity index (χ0n) is 11.7. The van der Waals surface area contributed by atoms with Gasteiger partial charge in [0.15, 0.2) is 0 Å². The molecule has 0 saturated carbocycles. The molecule has 0 spiro atoms. The molecular formula is C14H16N4O2. The minimum Gasteiger partial charge on any atom is -0.377 e. The predicted molar refractivity (Wildman–Crippen MR) is 76.6 cm³/mol. The quantitative estimate of drug-likeness (QED) is 0.762. The Hall–Kier alpha value is -2.34. The molecule has 2 heterocycles. The van der Waals surface area contributed by atoms with Gasteiger partial charge < -0.3 is 14.7 Å². The highest BCUT2D eigenvalue weighted by molar-refractivity contribution is 5.81. The largest absolute Gasteiger partial charge is 0.377 e. The van der Waals surface area contributed by atoms with E-state index in [1.807, 2.05) is 25.1 Å². The lowest BCUT2D eigenvalue weighted by Gasteiger charge is -2.00. The van der Waals surface area contributed by atoms with Gasteiger partial charge in [0.1, 0.15) is 12.4 Å². The fourth-order valence-electron chi connectivity index (χ4n) is 2.39. The number of hydrogen-bond donors (Lipinski definition) is 2. The third-order valence-electron chi connectivity index (χ3n) is 3.39. The van der Waals surface area contributed by atoms with Crippen molar-refractivity contribution in [2.75, 3.05) is 7.11 Å². The van der Waals surface area contributed by atoms with Gasteiger partial charge in [0.2, 0.25) is 0 Å². The summed E-state index contributed by atoms with van der Waals surface area (Å²) in [5.41, 5.74) is 4.40. The van der Waals surface area contributed by atoms with Crippen LogP contribution in [-0.4, -0.2) is 26.6 Å². The molecular weight excluding hydrogens is 256 g/mol. The number of aromatic nitrogens is 4. The molecule has 3 aromatic rings. The number of ether oxygens (including phenoxy) is 1. The van der Waals surface area contributed by atoms with Gasteiger partial charge in [0, 0.05) is 25.4 Å². The normalized spacial score (nSPS) is 11.3. The van der Waals surface area contributed by atoms with E-state index in [0.717, 1.165) is 33.8 Å². The summed E-state index contributed by atoms with van der Waals surface area (Å²) in [6, 6.07) is 5.83. The van der Waals surface area contributed by atoms with Crippen LogP contribution in [0.1, 0.15) is 11.5 Å². The van der Waals surface area contributed by atoms with Crippen molar-refractivity contribution < 1.29 is 4.74 Å². The van der Waals surface area contributed by atoms with Gasteiger partial charge in [-0.2, -0.15) is 0 Å². The maximum atomic E-state index is 11.6. The minimum atomic E-state index is -0.115. The number of benzene rings is 1. The molecule has 6 nitrogen and oxygen atoms in total. The number of methoxy groups -OCH3 is 1. The van der Waals surface area contributed by atoms with Crippen molar-refractivity contribution in [3.8, 4) is 11.3 Å². The standard InChI is InChI=1S/C14H16N4O2/c1-8-13(17-12(15-8)7-20-3)9-4-5-11-10(6-9)16-14(19)18(11)2/h4-6H,7H2,1-3H3,(H,15,17)(H,16,19). The van der Waals surface area contributed by atoms with Crippen LogP contribution < -0.4 is 5.69 Å². The van der Waals surface area contributed by atoms with E-state index >= 15 is 0 Å². The molecule has 0 aliphatic rings. The average Bonchev–Trinajstić information content (AvgIpc) is 2.91. The Kier molecular flexibility index (Phi) is 2.94. The second-order valence-electron chi connectivity index (χ2n) is 4.81. The maximum absolute atomic E-state index is 11.6. The van der Waals surface area contributed by atoms with Crippen LogP contribution in [0.5, 0.6) is 0 Å². The van der Waals surface area contributed by atoms with Gasteiger partial charge in [-0.1, -0.05) is 6.07 Å². The number of H-pyrrole nitrogens is 2. The summed E-state index contributed by atoms with van der Waals surface area (Å²) in [7, 11) is 3.38. The number of hydrogen-bond acceptors (Lipinski definition) is 3. The summed E-state index contributed by atoms with van der Waals surface area (Å²) in [4.78, 5) is 22.2. The lowest BCUT2D eigenvalue weighted by Crippen LogP contribution is -2.11. The summed E-state index contributed by atoms with van der Waals surface area (Å²) in [6.07, 6.45) is 0. The lowest BCUT2D eigenvalue weighted by atomic mass is 10.1. The van der Waals surface area contributed by atoms with Crippen molar-refractivity contribution in [2.45, 2.75) is 13.5 Å². The van der Waals surface area contributed by atoms with E-state index in [0.29, 0.717) is 6.61 Å². The second kappa shape index (κ2) is 4.64. The first kappa shape index (κ1) is 12.7. The number of aryl methyl sites for hydroxylation is 2. The smallest absolute Gasteiger partial charge is 0.326 e. The number of aromatic amines is 2. The van der Waals surface area contributed by atoms with Gasteiger partial charge in [0.25, 0.3) is 0 Å². The molecule has 0 radical (unpaired) electrons. The number of nitrogens with zero attached hydrogens (tertiary/aromatic N) is 2. The second-order valence-corrected chi connectivity index (χ2v) is 4.81. The first-order valence-electron chi connectivity index (χ1n) is 6.33. The maximum Gasteiger partial charge on any atom is 0.326 e. The molecule has 0 atom stereocenters. The monoisotopic (exact) mass is 272 g/mol. The van der Waals surface area contributed by atoms with Crippen molar-refractivity contribution in [1.82, 2.24) is 19.5 Å². The Morgan fingerprint density at radius 2 is 2.15 bits per heavy atom. The van der Waals surface area contributed by atoms with Gasteiger partial charge >= 0.3 is 5.69 Å². The topological polar surface area (TPSA) is 75.7 Å². The number of imidazole rings is 2. The van der Waals surface area contributed by atoms with Gasteiger partial charge in [-0.25, -0.2) is 9.78 Å². The average molecular weight is 272 g/mol. The summed E-state index contributed by atoms with van der Waals surface area (Å²) in [5.74, 6) is 0.793. The highest BCUT2D eigenvalue weighted by atomic mass is 16.5. The Balaban J connectivity index is 2.12. The molecule has 0 bridgehead atoms. The number of fused-ring (bicyclic) bond motifs is 1. The summed E-state index contributed by atoms with van der Waals surface area (Å²) < 4.78 is 6.67. The van der Waals surface area contributed by atoms with Gasteiger partial charge in [-0.3, -0.25) is 4.57 Å². The fraction of sp³-hybridized carbons (Fsp3) is 0.286. The van der Waals surface area contributed by atoms with Crippen molar-refractivity contribution >= 4 is 11.0 Å². The zero-order valence-corrected chi connectivity index (χ0v) is 11.7. The van der Waals surface area contributed by atoms with E-state index in [9.17, 15) is 4.79 Å².